The summed E-state index contributed by atoms with van der Waals surface area (Å²) in [6, 6.07) is 44.1. The summed E-state index contributed by atoms with van der Waals surface area (Å²) in [4.78, 5) is 54.4. The Morgan fingerprint density at radius 2 is 1.11 bits per heavy atom. The van der Waals surface area contributed by atoms with E-state index in [0.29, 0.717) is 0 Å². The zero-order valence-electron chi connectivity index (χ0n) is 41.0. The number of nitrogens with one attached hydrogen (secondary N) is 1. The van der Waals surface area contributed by atoms with Crippen LogP contribution in [0.1, 0.15) is 56.3 Å². The molecule has 2 saturated heterocycles. The highest BCUT2D eigenvalue weighted by Gasteiger charge is 2.55. The van der Waals surface area contributed by atoms with Crippen LogP contribution < -0.4 is 5.32 Å². The molecule has 2 aliphatic rings. The van der Waals surface area contributed by atoms with Gasteiger partial charge in [0.2, 0.25) is 5.91 Å². The summed E-state index contributed by atoms with van der Waals surface area (Å²) < 4.78 is 69.2. The van der Waals surface area contributed by atoms with E-state index in [9.17, 15) is 19.2 Å². The van der Waals surface area contributed by atoms with E-state index in [1.165, 1.54) is 24.9 Å². The third-order valence-electron chi connectivity index (χ3n) is 12.0. The second-order valence-electron chi connectivity index (χ2n) is 17.3. The van der Waals surface area contributed by atoms with Gasteiger partial charge in [0, 0.05) is 14.0 Å². The lowest BCUT2D eigenvalue weighted by molar-refractivity contribution is -0.293. The largest absolute Gasteiger partial charge is 0.467 e. The van der Waals surface area contributed by atoms with Crippen molar-refractivity contribution in [1.29, 1.82) is 0 Å². The maximum Gasteiger partial charge on any atom is 0.338 e. The minimum absolute atomic E-state index is 0.0180. The van der Waals surface area contributed by atoms with Crippen LogP contribution in [0.15, 0.2) is 158 Å². The normalized spacial score (nSPS) is 23.6. The Labute approximate surface area is 427 Å². The summed E-state index contributed by atoms with van der Waals surface area (Å²) in [6.07, 6.45) is -9.79. The van der Waals surface area contributed by atoms with Crippen molar-refractivity contribution in [3.63, 3.8) is 0 Å². The summed E-state index contributed by atoms with van der Waals surface area (Å²) in [5, 5.41) is 11.8. The van der Waals surface area contributed by atoms with Gasteiger partial charge >= 0.3 is 17.9 Å². The van der Waals surface area contributed by atoms with Crippen molar-refractivity contribution in [2.24, 2.45) is 0 Å². The lowest BCUT2D eigenvalue weighted by Gasteiger charge is -2.46. The number of hydrogen-bond donors (Lipinski definition) is 1. The van der Waals surface area contributed by atoms with Gasteiger partial charge in [-0.25, -0.2) is 19.1 Å². The van der Waals surface area contributed by atoms with Crippen LogP contribution in [0.25, 0.3) is 0 Å². The van der Waals surface area contributed by atoms with Gasteiger partial charge in [-0.15, -0.1) is 5.10 Å². The number of methoxy groups -OCH3 is 2. The van der Waals surface area contributed by atoms with Crippen molar-refractivity contribution in [1.82, 2.24) is 20.3 Å². The first kappa shape index (κ1) is 53.1. The van der Waals surface area contributed by atoms with Crippen LogP contribution in [-0.2, 0) is 88.1 Å². The monoisotopic (exact) mass is 1010 g/mol. The summed E-state index contributed by atoms with van der Waals surface area (Å²) in [7, 11) is 2.52. The summed E-state index contributed by atoms with van der Waals surface area (Å²) in [5.41, 5.74) is 3.25. The van der Waals surface area contributed by atoms with Crippen LogP contribution in [-0.4, -0.2) is 121 Å². The fraction of sp³-hybridized carbons (Fsp3) is 0.345. The summed E-state index contributed by atoms with van der Waals surface area (Å²) in [6.45, 7) is 1.35. The number of hydrogen-bond acceptors (Lipinski definition) is 17. The molecule has 5 aromatic carbocycles. The minimum Gasteiger partial charge on any atom is -0.467 e. The van der Waals surface area contributed by atoms with Crippen LogP contribution >= 0.6 is 0 Å². The number of aromatic nitrogens is 3. The molecule has 19 nitrogen and oxygen atoms in total. The zero-order chi connectivity index (χ0) is 51.7. The third-order valence-corrected chi connectivity index (χ3v) is 12.0. The molecule has 74 heavy (non-hydrogen) atoms. The average Bonchev–Trinajstić information content (AvgIpc) is 3.91. The second-order valence-corrected chi connectivity index (χ2v) is 17.3. The third kappa shape index (κ3) is 14.1. The van der Waals surface area contributed by atoms with E-state index >= 15 is 0 Å². The molecular formula is C55H58N4O15. The Bertz CT molecular complexity index is 2690. The van der Waals surface area contributed by atoms with E-state index in [2.05, 4.69) is 15.6 Å². The SMILES string of the molecule is COCO[C@H]1[C@H](OC(=O)c2ccccc2)[C@@H](OC(=O)c2ccccc2)[C@H](n2cc(CO[C@H]3[C@H](OCc4ccccc4)[C@@H](NC(C)=O)[C@H](OCc4ccccc4)O[C@@H]3COCc3ccccc3)nn2)O[C@@H]1C(=O)OC. The van der Waals surface area contributed by atoms with Gasteiger partial charge < -0.3 is 57.4 Å². The first-order valence-corrected chi connectivity index (χ1v) is 23.9. The summed E-state index contributed by atoms with van der Waals surface area (Å²) >= 11 is 0. The second kappa shape index (κ2) is 26.7. The highest BCUT2D eigenvalue weighted by molar-refractivity contribution is 5.90. The maximum absolute atomic E-state index is 13.9. The predicted octanol–water partition coefficient (Wildman–Crippen LogP) is 5.92. The molecule has 19 heteroatoms. The number of carbonyl (C=O) groups excluding carboxylic acids is 4. The highest BCUT2D eigenvalue weighted by atomic mass is 16.7. The van der Waals surface area contributed by atoms with E-state index in [4.69, 9.17) is 52.1 Å². The van der Waals surface area contributed by atoms with Crippen molar-refractivity contribution in [2.75, 3.05) is 27.6 Å². The standard InChI is InChI=1S/C55H58N4O15/c1-36(60)56-44-46(67-31-38-21-11-5-12-22-38)45(43(34-66-30-37-19-9-4-10-20-37)71-55(44)69-32-39-23-13-6-14-24-39)68-33-42-29-59(58-57-42)51-49(74-53(62)41-27-17-8-18-28-41)48(73-52(61)40-25-15-7-16-26-40)47(70-35-64-2)50(72-51)54(63)65-3/h4-29,43-51,55H,30-35H2,1-3H3,(H,56,60)/t43-,44-,45-,46-,47+,48+,49-,50+,51-,55-/m1/s1. The lowest BCUT2D eigenvalue weighted by atomic mass is 9.95. The zero-order valence-corrected chi connectivity index (χ0v) is 41.0. The van der Waals surface area contributed by atoms with Crippen molar-refractivity contribution in [3.8, 4) is 0 Å². The first-order valence-electron chi connectivity index (χ1n) is 23.9. The molecule has 388 valence electrons. The first-order chi connectivity index (χ1) is 36.2. The number of carbonyl (C=O) groups is 4. The summed E-state index contributed by atoms with van der Waals surface area (Å²) in [5.74, 6) is -2.88. The molecule has 8 rings (SSSR count). The van der Waals surface area contributed by atoms with E-state index < -0.39 is 79.2 Å². The van der Waals surface area contributed by atoms with Crippen LogP contribution in [0.2, 0.25) is 0 Å². The molecule has 0 unspecified atom stereocenters. The maximum atomic E-state index is 13.9. The quantitative estimate of drug-likeness (QED) is 0.0448. The minimum atomic E-state index is -1.58. The fourth-order valence-corrected chi connectivity index (χ4v) is 8.50. The molecule has 6 aromatic rings. The van der Waals surface area contributed by atoms with Gasteiger partial charge in [-0.3, -0.25) is 4.79 Å². The number of amides is 1. The average molecular weight is 1020 g/mol. The van der Waals surface area contributed by atoms with Gasteiger partial charge in [0.25, 0.3) is 0 Å². The number of esters is 3. The van der Waals surface area contributed by atoms with Gasteiger partial charge in [-0.05, 0) is 41.0 Å². The smallest absolute Gasteiger partial charge is 0.338 e. The van der Waals surface area contributed by atoms with Crippen LogP contribution in [0.5, 0.6) is 0 Å². The Hall–Kier alpha value is -7.20. The molecule has 1 N–H and O–H groups in total. The topological polar surface area (TPSA) is 213 Å². The number of rotatable bonds is 23. The van der Waals surface area contributed by atoms with E-state index in [1.54, 1.807) is 60.7 Å². The van der Waals surface area contributed by atoms with Gasteiger partial charge in [0.05, 0.1) is 57.5 Å². The Balaban J connectivity index is 1.13. The van der Waals surface area contributed by atoms with Crippen LogP contribution in [0, 0.1) is 0 Å². The highest BCUT2D eigenvalue weighted by Crippen LogP contribution is 2.36. The van der Waals surface area contributed by atoms with Crippen LogP contribution in [0.4, 0.5) is 0 Å². The fourth-order valence-electron chi connectivity index (χ4n) is 8.50. The Morgan fingerprint density at radius 1 is 0.581 bits per heavy atom. The number of benzene rings is 5. The van der Waals surface area contributed by atoms with E-state index in [0.717, 1.165) is 23.8 Å². The molecule has 1 aromatic heterocycles. The molecule has 0 radical (unpaired) electrons. The molecule has 2 aliphatic heterocycles. The molecule has 0 saturated carbocycles. The molecule has 2 fully saturated rings. The molecule has 0 bridgehead atoms. The van der Waals surface area contributed by atoms with E-state index in [-0.39, 0.29) is 62.6 Å². The molecule has 0 spiro atoms. The van der Waals surface area contributed by atoms with Crippen molar-refractivity contribution in [2.45, 2.75) is 94.6 Å². The molecule has 0 aliphatic carbocycles. The van der Waals surface area contributed by atoms with E-state index in [1.807, 2.05) is 91.0 Å². The van der Waals surface area contributed by atoms with Gasteiger partial charge in [0.15, 0.2) is 30.8 Å². The molecular weight excluding hydrogens is 957 g/mol. The van der Waals surface area contributed by atoms with Crippen molar-refractivity contribution >= 4 is 23.8 Å². The lowest BCUT2D eigenvalue weighted by Crippen LogP contribution is -2.66. The van der Waals surface area contributed by atoms with Crippen LogP contribution in [0.3, 0.4) is 0 Å². The van der Waals surface area contributed by atoms with Gasteiger partial charge in [-0.2, -0.15) is 0 Å². The van der Waals surface area contributed by atoms with Gasteiger partial charge in [-0.1, -0.05) is 133 Å². The molecule has 10 atom stereocenters. The number of nitrogens with zero attached hydrogens (tertiary/aromatic N) is 3. The van der Waals surface area contributed by atoms with Gasteiger partial charge in [0.1, 0.15) is 42.9 Å². The van der Waals surface area contributed by atoms with Crippen molar-refractivity contribution in [3.05, 3.63) is 191 Å². The van der Waals surface area contributed by atoms with Crippen molar-refractivity contribution < 1.29 is 71.3 Å². The molecule has 3 heterocycles. The Morgan fingerprint density at radius 3 is 1.66 bits per heavy atom. The Kier molecular flexibility index (Phi) is 19.1. The predicted molar refractivity (Wildman–Crippen MR) is 261 cm³/mol. The molecule has 1 amide bonds. The number of ether oxygens (including phenoxy) is 11.